The molecule has 1 atom stereocenters. The number of nitrogens with two attached hydrogens (primary N) is 1. The Morgan fingerprint density at radius 3 is 2.58 bits per heavy atom. The number of hydrogen-bond acceptors (Lipinski definition) is 3. The Morgan fingerprint density at radius 2 is 1.96 bits per heavy atom. The van der Waals surface area contributed by atoms with Crippen molar-refractivity contribution in [2.45, 2.75) is 9.79 Å². The molecule has 0 bridgehead atoms. The van der Waals surface area contributed by atoms with Gasteiger partial charge in [0.25, 0.3) is 0 Å². The van der Waals surface area contributed by atoms with E-state index in [0.29, 0.717) is 16.7 Å². The third kappa shape index (κ3) is 4.89. The first-order chi connectivity index (χ1) is 10.9. The van der Waals surface area contributed by atoms with Crippen molar-refractivity contribution >= 4 is 63.9 Å². The van der Waals surface area contributed by atoms with Crippen molar-refractivity contribution in [1.82, 2.24) is 0 Å². The van der Waals surface area contributed by atoms with E-state index in [1.54, 1.807) is 22.9 Å². The number of thioether (sulfide) groups is 1. The Balaban J connectivity index is 0.00000288. The Hall–Kier alpha value is -1.21. The summed E-state index contributed by atoms with van der Waals surface area (Å²) in [6.07, 6.45) is 3.60. The van der Waals surface area contributed by atoms with E-state index in [0.717, 1.165) is 15.5 Å². The van der Waals surface area contributed by atoms with E-state index in [1.807, 2.05) is 55.8 Å². The molecule has 2 rings (SSSR count). The highest BCUT2D eigenvalue weighted by Gasteiger charge is 2.10. The lowest BCUT2D eigenvalue weighted by Crippen LogP contribution is -2.33. The number of guanidine groups is 1. The maximum absolute atomic E-state index is 11.6. The van der Waals surface area contributed by atoms with Crippen LogP contribution in [-0.4, -0.2) is 29.7 Å². The van der Waals surface area contributed by atoms with Crippen molar-refractivity contribution in [3.05, 3.63) is 47.5 Å². The molecule has 130 valence electrons. The van der Waals surface area contributed by atoms with E-state index in [4.69, 9.17) is 17.3 Å². The van der Waals surface area contributed by atoms with Crippen LogP contribution in [-0.2, 0) is 10.8 Å². The zero-order valence-corrected chi connectivity index (χ0v) is 16.7. The molecule has 0 aliphatic carbocycles. The van der Waals surface area contributed by atoms with E-state index in [-0.39, 0.29) is 12.4 Å². The highest BCUT2D eigenvalue weighted by molar-refractivity contribution is 7.98. The number of nitrogens with zero attached hydrogens (tertiary/aromatic N) is 2. The number of benzene rings is 2. The molecule has 8 heteroatoms. The summed E-state index contributed by atoms with van der Waals surface area (Å²) in [6.45, 7) is 0. The highest BCUT2D eigenvalue weighted by Crippen LogP contribution is 2.33. The molecule has 4 nitrogen and oxygen atoms in total. The van der Waals surface area contributed by atoms with Crippen LogP contribution in [0.4, 0.5) is 11.4 Å². The molecular formula is C16H19Cl2N3OS2. The number of aliphatic imine (C=N–C) groups is 1. The molecular weight excluding hydrogens is 385 g/mol. The minimum Gasteiger partial charge on any atom is -0.369 e. The van der Waals surface area contributed by atoms with E-state index in [2.05, 4.69) is 4.99 Å². The van der Waals surface area contributed by atoms with Crippen LogP contribution in [0, 0.1) is 0 Å². The second-order valence-electron chi connectivity index (χ2n) is 4.77. The maximum Gasteiger partial charge on any atom is 0.200 e. The summed E-state index contributed by atoms with van der Waals surface area (Å²) in [7, 11) is 0.762. The zero-order chi connectivity index (χ0) is 17.0. The lowest BCUT2D eigenvalue weighted by Gasteiger charge is -2.19. The largest absolute Gasteiger partial charge is 0.369 e. The lowest BCUT2D eigenvalue weighted by molar-refractivity contribution is 0.687. The molecule has 2 N–H and O–H groups in total. The van der Waals surface area contributed by atoms with Gasteiger partial charge in [0.15, 0.2) is 0 Å². The fourth-order valence-electron chi connectivity index (χ4n) is 1.94. The average molecular weight is 404 g/mol. The van der Waals surface area contributed by atoms with Gasteiger partial charge in [0.1, 0.15) is 0 Å². The van der Waals surface area contributed by atoms with E-state index in [1.165, 1.54) is 0 Å². The second-order valence-corrected chi connectivity index (χ2v) is 7.38. The van der Waals surface area contributed by atoms with Crippen LogP contribution >= 0.6 is 35.8 Å². The fraction of sp³-hybridized carbons (Fsp3) is 0.188. The van der Waals surface area contributed by atoms with Crippen molar-refractivity contribution in [2.75, 3.05) is 24.5 Å². The van der Waals surface area contributed by atoms with Crippen molar-refractivity contribution in [1.29, 1.82) is 0 Å². The van der Waals surface area contributed by atoms with Crippen molar-refractivity contribution < 1.29 is 4.21 Å². The summed E-state index contributed by atoms with van der Waals surface area (Å²) in [5.41, 5.74) is 7.54. The third-order valence-electron chi connectivity index (χ3n) is 3.28. The first-order valence-electron chi connectivity index (χ1n) is 6.78. The maximum atomic E-state index is 11.6. The van der Waals surface area contributed by atoms with Crippen LogP contribution in [0.5, 0.6) is 0 Å². The van der Waals surface area contributed by atoms with Gasteiger partial charge in [0.2, 0.25) is 5.96 Å². The fourth-order valence-corrected chi connectivity index (χ4v) is 3.40. The standard InChI is InChI=1S/C16H18ClN3OS2.ClH/c1-20(11-6-4-7-12(10-11)23(3)21)16(18)19-13-8-5-9-14(22-2)15(13)17;/h4-10H,1-3H3,(H2,18,19);1H. The normalized spacial score (nSPS) is 12.4. The summed E-state index contributed by atoms with van der Waals surface area (Å²) < 4.78 is 11.6. The van der Waals surface area contributed by atoms with Gasteiger partial charge in [0, 0.05) is 39.6 Å². The Morgan fingerprint density at radius 1 is 1.29 bits per heavy atom. The van der Waals surface area contributed by atoms with Gasteiger partial charge >= 0.3 is 0 Å². The number of halogens is 2. The molecule has 0 spiro atoms. The van der Waals surface area contributed by atoms with Gasteiger partial charge in [-0.2, -0.15) is 0 Å². The van der Waals surface area contributed by atoms with Gasteiger partial charge in [-0.25, -0.2) is 4.99 Å². The first kappa shape index (κ1) is 20.8. The smallest absolute Gasteiger partial charge is 0.200 e. The van der Waals surface area contributed by atoms with Crippen LogP contribution in [0.1, 0.15) is 0 Å². The summed E-state index contributed by atoms with van der Waals surface area (Å²) >= 11 is 7.89. The third-order valence-corrected chi connectivity index (χ3v) is 5.49. The molecule has 0 aliphatic heterocycles. The molecule has 0 aromatic heterocycles. The Kier molecular flexibility index (Phi) is 8.09. The molecule has 24 heavy (non-hydrogen) atoms. The van der Waals surface area contributed by atoms with Crippen LogP contribution in [0.3, 0.4) is 0 Å². The molecule has 0 heterocycles. The van der Waals surface area contributed by atoms with Crippen molar-refractivity contribution in [3.63, 3.8) is 0 Å². The van der Waals surface area contributed by atoms with Gasteiger partial charge in [-0.3, -0.25) is 4.21 Å². The molecule has 2 aromatic rings. The molecule has 2 aromatic carbocycles. The summed E-state index contributed by atoms with van der Waals surface area (Å²) in [4.78, 5) is 7.84. The zero-order valence-electron chi connectivity index (χ0n) is 13.5. The molecule has 0 saturated heterocycles. The van der Waals surface area contributed by atoms with E-state index in [9.17, 15) is 4.21 Å². The predicted molar refractivity (Wildman–Crippen MR) is 109 cm³/mol. The summed E-state index contributed by atoms with van der Waals surface area (Å²) in [6, 6.07) is 13.0. The van der Waals surface area contributed by atoms with Gasteiger partial charge in [-0.1, -0.05) is 23.7 Å². The monoisotopic (exact) mass is 403 g/mol. The molecule has 0 aliphatic rings. The Bertz CT molecular complexity index is 769. The lowest BCUT2D eigenvalue weighted by atomic mass is 10.3. The van der Waals surface area contributed by atoms with Crippen LogP contribution in [0.25, 0.3) is 0 Å². The first-order valence-corrected chi connectivity index (χ1v) is 9.94. The van der Waals surface area contributed by atoms with Crippen molar-refractivity contribution in [2.24, 2.45) is 10.7 Å². The quantitative estimate of drug-likeness (QED) is 0.469. The highest BCUT2D eigenvalue weighted by atomic mass is 35.5. The van der Waals surface area contributed by atoms with Gasteiger partial charge in [-0.15, -0.1) is 24.2 Å². The summed E-state index contributed by atoms with van der Waals surface area (Å²) in [5.74, 6) is 0.309. The summed E-state index contributed by atoms with van der Waals surface area (Å²) in [5, 5.41) is 0.583. The molecule has 0 amide bonds. The van der Waals surface area contributed by atoms with Crippen LogP contribution in [0.15, 0.2) is 57.2 Å². The minimum atomic E-state index is -1.05. The van der Waals surface area contributed by atoms with E-state index >= 15 is 0 Å². The van der Waals surface area contributed by atoms with Gasteiger partial charge in [-0.05, 0) is 36.6 Å². The van der Waals surface area contributed by atoms with Crippen LogP contribution < -0.4 is 10.6 Å². The molecule has 1 unspecified atom stereocenters. The number of anilines is 1. The molecule has 0 saturated carbocycles. The molecule has 0 radical (unpaired) electrons. The predicted octanol–water partition coefficient (Wildman–Crippen LogP) is 4.30. The van der Waals surface area contributed by atoms with Gasteiger partial charge < -0.3 is 10.6 Å². The SMILES string of the molecule is CSc1cccc(N=C(N)N(C)c2cccc(S(C)=O)c2)c1Cl.Cl. The average Bonchev–Trinajstić information content (AvgIpc) is 2.56. The number of hydrogen-bond donors (Lipinski definition) is 1. The molecule has 0 fully saturated rings. The van der Waals surface area contributed by atoms with Crippen molar-refractivity contribution in [3.8, 4) is 0 Å². The number of rotatable bonds is 4. The minimum absolute atomic E-state index is 0. The van der Waals surface area contributed by atoms with Crippen LogP contribution in [0.2, 0.25) is 5.02 Å². The Labute approximate surface area is 160 Å². The topological polar surface area (TPSA) is 58.7 Å². The second kappa shape index (κ2) is 9.32. The van der Waals surface area contributed by atoms with Gasteiger partial charge in [0.05, 0.1) is 10.7 Å². The van der Waals surface area contributed by atoms with E-state index < -0.39 is 10.8 Å².